The van der Waals surface area contributed by atoms with Gasteiger partial charge in [-0.25, -0.2) is 4.39 Å². The Morgan fingerprint density at radius 2 is 2.41 bits per heavy atom. The van der Waals surface area contributed by atoms with Crippen LogP contribution < -0.4 is 5.32 Å². The van der Waals surface area contributed by atoms with Crippen molar-refractivity contribution in [2.24, 2.45) is 0 Å². The molecule has 0 bridgehead atoms. The highest BCUT2D eigenvalue weighted by Gasteiger charge is 2.31. The topological polar surface area (TPSA) is 41.6 Å². The van der Waals surface area contributed by atoms with E-state index in [1.165, 1.54) is 12.1 Å². The summed E-state index contributed by atoms with van der Waals surface area (Å²) in [5, 5.41) is 3.06. The number of carbonyl (C=O) groups is 1. The van der Waals surface area contributed by atoms with Gasteiger partial charge in [-0.3, -0.25) is 10.1 Å². The van der Waals surface area contributed by atoms with Crippen LogP contribution in [0.1, 0.15) is 11.7 Å². The van der Waals surface area contributed by atoms with Crippen LogP contribution in [-0.2, 0) is 9.53 Å². The molecule has 1 amide bonds. The molecule has 17 heavy (non-hydrogen) atoms. The summed E-state index contributed by atoms with van der Waals surface area (Å²) in [6.07, 6.45) is -0.256. The second kappa shape index (κ2) is 5.25. The molecule has 1 aromatic carbocycles. The van der Waals surface area contributed by atoms with Crippen LogP contribution in [-0.4, -0.2) is 37.6 Å². The lowest BCUT2D eigenvalue weighted by atomic mass is 10.1. The average Bonchev–Trinajstić information content (AvgIpc) is 2.68. The van der Waals surface area contributed by atoms with Crippen molar-refractivity contribution in [2.75, 3.05) is 26.8 Å². The van der Waals surface area contributed by atoms with Crippen molar-refractivity contribution in [2.45, 2.75) is 6.17 Å². The molecule has 1 atom stereocenters. The molecule has 1 fully saturated rings. The SMILES string of the molecule is COCCN1C(=O)CNC1c1cccc(F)c1. The molecule has 5 heteroatoms. The number of methoxy groups -OCH3 is 1. The van der Waals surface area contributed by atoms with Crippen LogP contribution in [0.25, 0.3) is 0 Å². The van der Waals surface area contributed by atoms with Gasteiger partial charge in [0.2, 0.25) is 5.91 Å². The molecule has 1 aromatic rings. The third kappa shape index (κ3) is 2.62. The number of nitrogens with zero attached hydrogens (tertiary/aromatic N) is 1. The number of ether oxygens (including phenoxy) is 1. The number of nitrogens with one attached hydrogen (secondary N) is 1. The second-order valence-electron chi connectivity index (χ2n) is 3.92. The normalized spacial score (nSPS) is 20.0. The fourth-order valence-corrected chi connectivity index (χ4v) is 1.96. The van der Waals surface area contributed by atoms with Gasteiger partial charge in [0.25, 0.3) is 0 Å². The van der Waals surface area contributed by atoms with Gasteiger partial charge in [0.15, 0.2) is 0 Å². The molecular weight excluding hydrogens is 223 g/mol. The van der Waals surface area contributed by atoms with Gasteiger partial charge < -0.3 is 9.64 Å². The monoisotopic (exact) mass is 238 g/mol. The first-order valence-electron chi connectivity index (χ1n) is 5.49. The van der Waals surface area contributed by atoms with E-state index in [-0.39, 0.29) is 24.4 Å². The van der Waals surface area contributed by atoms with Crippen molar-refractivity contribution in [3.8, 4) is 0 Å². The molecule has 1 N–H and O–H groups in total. The Labute approximate surface area is 99.4 Å². The number of halogens is 1. The molecule has 1 saturated heterocycles. The Morgan fingerprint density at radius 3 is 3.12 bits per heavy atom. The Balaban J connectivity index is 2.16. The number of benzene rings is 1. The van der Waals surface area contributed by atoms with E-state index < -0.39 is 0 Å². The van der Waals surface area contributed by atoms with E-state index in [1.54, 1.807) is 24.1 Å². The predicted molar refractivity (Wildman–Crippen MR) is 60.7 cm³/mol. The predicted octanol–water partition coefficient (Wildman–Crippen LogP) is 0.902. The zero-order valence-electron chi connectivity index (χ0n) is 9.65. The Hall–Kier alpha value is -1.46. The first kappa shape index (κ1) is 12.0. The van der Waals surface area contributed by atoms with Gasteiger partial charge in [0.1, 0.15) is 12.0 Å². The van der Waals surface area contributed by atoms with E-state index >= 15 is 0 Å². The molecule has 0 aromatic heterocycles. The highest BCUT2D eigenvalue weighted by atomic mass is 19.1. The minimum absolute atomic E-state index is 0.0105. The summed E-state index contributed by atoms with van der Waals surface area (Å²) in [5.74, 6) is -0.286. The highest BCUT2D eigenvalue weighted by Crippen LogP contribution is 2.22. The summed E-state index contributed by atoms with van der Waals surface area (Å²) in [6.45, 7) is 1.26. The molecule has 1 aliphatic rings. The zero-order valence-corrected chi connectivity index (χ0v) is 9.65. The van der Waals surface area contributed by atoms with Gasteiger partial charge >= 0.3 is 0 Å². The molecule has 0 saturated carbocycles. The molecule has 0 spiro atoms. The van der Waals surface area contributed by atoms with Crippen LogP contribution in [0.15, 0.2) is 24.3 Å². The van der Waals surface area contributed by atoms with E-state index in [1.807, 2.05) is 0 Å². The second-order valence-corrected chi connectivity index (χ2v) is 3.92. The van der Waals surface area contributed by atoms with Crippen molar-refractivity contribution >= 4 is 5.91 Å². The van der Waals surface area contributed by atoms with Crippen LogP contribution in [0.5, 0.6) is 0 Å². The molecular formula is C12H15FN2O2. The van der Waals surface area contributed by atoms with Crippen LogP contribution in [0, 0.1) is 5.82 Å². The van der Waals surface area contributed by atoms with Crippen molar-refractivity contribution in [1.29, 1.82) is 0 Å². The summed E-state index contributed by atoms with van der Waals surface area (Å²) >= 11 is 0. The van der Waals surface area contributed by atoms with E-state index in [0.29, 0.717) is 13.2 Å². The van der Waals surface area contributed by atoms with E-state index in [2.05, 4.69) is 5.32 Å². The van der Waals surface area contributed by atoms with Crippen molar-refractivity contribution < 1.29 is 13.9 Å². The lowest BCUT2D eigenvalue weighted by Gasteiger charge is -2.24. The third-order valence-corrected chi connectivity index (χ3v) is 2.78. The maximum absolute atomic E-state index is 13.1. The van der Waals surface area contributed by atoms with Gasteiger partial charge in [-0.2, -0.15) is 0 Å². The zero-order chi connectivity index (χ0) is 12.3. The van der Waals surface area contributed by atoms with Crippen LogP contribution in [0.2, 0.25) is 0 Å². The van der Waals surface area contributed by atoms with Gasteiger partial charge in [-0.05, 0) is 17.7 Å². The highest BCUT2D eigenvalue weighted by molar-refractivity contribution is 5.80. The maximum Gasteiger partial charge on any atom is 0.238 e. The minimum atomic E-state index is -0.296. The summed E-state index contributed by atoms with van der Waals surface area (Å²) in [6, 6.07) is 6.28. The van der Waals surface area contributed by atoms with E-state index in [4.69, 9.17) is 4.74 Å². The summed E-state index contributed by atoms with van der Waals surface area (Å²) in [4.78, 5) is 13.3. The number of hydrogen-bond donors (Lipinski definition) is 1. The molecule has 92 valence electrons. The summed E-state index contributed by atoms with van der Waals surface area (Å²) in [5.41, 5.74) is 0.756. The molecule has 1 aliphatic heterocycles. The van der Waals surface area contributed by atoms with Crippen LogP contribution in [0.4, 0.5) is 4.39 Å². The van der Waals surface area contributed by atoms with Gasteiger partial charge in [0, 0.05) is 13.7 Å². The Kier molecular flexibility index (Phi) is 3.71. The smallest absolute Gasteiger partial charge is 0.238 e. The van der Waals surface area contributed by atoms with Crippen molar-refractivity contribution in [1.82, 2.24) is 10.2 Å². The average molecular weight is 238 g/mol. The molecule has 0 radical (unpaired) electrons. The molecule has 4 nitrogen and oxygen atoms in total. The molecule has 1 unspecified atom stereocenters. The van der Waals surface area contributed by atoms with Gasteiger partial charge in [0.05, 0.1) is 13.2 Å². The lowest BCUT2D eigenvalue weighted by Crippen LogP contribution is -2.33. The minimum Gasteiger partial charge on any atom is -0.383 e. The summed E-state index contributed by atoms with van der Waals surface area (Å²) in [7, 11) is 1.59. The molecule has 0 aliphatic carbocycles. The third-order valence-electron chi connectivity index (χ3n) is 2.78. The van der Waals surface area contributed by atoms with Gasteiger partial charge in [-0.1, -0.05) is 12.1 Å². The quantitative estimate of drug-likeness (QED) is 0.847. The van der Waals surface area contributed by atoms with Crippen LogP contribution >= 0.6 is 0 Å². The van der Waals surface area contributed by atoms with Gasteiger partial charge in [-0.15, -0.1) is 0 Å². The standard InChI is InChI=1S/C12H15FN2O2/c1-17-6-5-15-11(16)8-14-12(15)9-3-2-4-10(13)7-9/h2-4,7,12,14H,5-6,8H2,1H3. The van der Waals surface area contributed by atoms with E-state index in [9.17, 15) is 9.18 Å². The number of hydrogen-bond acceptors (Lipinski definition) is 3. The number of amides is 1. The summed E-state index contributed by atoms with van der Waals surface area (Å²) < 4.78 is 18.1. The molecule has 2 rings (SSSR count). The van der Waals surface area contributed by atoms with E-state index in [0.717, 1.165) is 5.56 Å². The fraction of sp³-hybridized carbons (Fsp3) is 0.417. The number of carbonyl (C=O) groups excluding carboxylic acids is 1. The Bertz CT molecular complexity index is 411. The number of rotatable bonds is 4. The first-order chi connectivity index (χ1) is 8.22. The largest absolute Gasteiger partial charge is 0.383 e. The Morgan fingerprint density at radius 1 is 1.59 bits per heavy atom. The first-order valence-corrected chi connectivity index (χ1v) is 5.49. The van der Waals surface area contributed by atoms with Crippen LogP contribution in [0.3, 0.4) is 0 Å². The van der Waals surface area contributed by atoms with Crippen molar-refractivity contribution in [3.63, 3.8) is 0 Å². The van der Waals surface area contributed by atoms with Crippen molar-refractivity contribution in [3.05, 3.63) is 35.6 Å². The fourth-order valence-electron chi connectivity index (χ4n) is 1.96. The maximum atomic E-state index is 13.1. The molecule has 1 heterocycles. The lowest BCUT2D eigenvalue weighted by molar-refractivity contribution is -0.128.